The van der Waals surface area contributed by atoms with Gasteiger partial charge in [0, 0.05) is 24.1 Å². The Balaban J connectivity index is 2.39. The molecule has 0 atom stereocenters. The first kappa shape index (κ1) is 25.0. The van der Waals surface area contributed by atoms with Crippen LogP contribution in [0.3, 0.4) is 0 Å². The van der Waals surface area contributed by atoms with Crippen LogP contribution in [-0.2, 0) is 27.4 Å². The first-order chi connectivity index (χ1) is 14.3. The number of rotatable bonds is 6. The maximum atomic E-state index is 13.4. The number of esters is 1. The molecule has 1 N–H and O–H groups in total. The molecule has 0 bridgehead atoms. The third-order valence-electron chi connectivity index (χ3n) is 4.03. The predicted octanol–water partition coefficient (Wildman–Crippen LogP) is 4.66. The molecule has 0 aromatic heterocycles. The highest BCUT2D eigenvalue weighted by Crippen LogP contribution is 2.41. The number of carbonyl (C=O) groups is 2. The largest absolute Gasteiger partial charge is 0.424 e. The SMILES string of the molecule is CCS(=O)(=O)c1ccc(Cl)cc1CNC(=O)c1cc(Cl)c(OC(C)=O)c(C(F)(F)F)c1. The highest BCUT2D eigenvalue weighted by atomic mass is 35.5. The Morgan fingerprint density at radius 1 is 1.13 bits per heavy atom. The Morgan fingerprint density at radius 2 is 1.77 bits per heavy atom. The molecule has 0 saturated carbocycles. The third-order valence-corrected chi connectivity index (χ3v) is 6.38. The fourth-order valence-electron chi connectivity index (χ4n) is 2.61. The van der Waals surface area contributed by atoms with E-state index in [1.165, 1.54) is 25.1 Å². The van der Waals surface area contributed by atoms with Crippen molar-refractivity contribution < 1.29 is 35.9 Å². The number of benzene rings is 2. The van der Waals surface area contributed by atoms with Crippen LogP contribution in [0.5, 0.6) is 5.75 Å². The molecule has 0 saturated heterocycles. The number of hydrogen-bond donors (Lipinski definition) is 1. The van der Waals surface area contributed by atoms with Gasteiger partial charge in [-0.05, 0) is 35.9 Å². The summed E-state index contributed by atoms with van der Waals surface area (Å²) in [6.07, 6.45) is -4.96. The number of alkyl halides is 3. The van der Waals surface area contributed by atoms with E-state index in [0.29, 0.717) is 6.07 Å². The molecule has 2 rings (SSSR count). The van der Waals surface area contributed by atoms with Crippen LogP contribution in [0.1, 0.15) is 35.3 Å². The van der Waals surface area contributed by atoms with Crippen molar-refractivity contribution in [3.05, 3.63) is 57.1 Å². The number of halogens is 5. The number of amides is 1. The van der Waals surface area contributed by atoms with Gasteiger partial charge in [-0.25, -0.2) is 8.42 Å². The second-order valence-corrected chi connectivity index (χ2v) is 9.35. The Bertz CT molecular complexity index is 1130. The molecule has 0 radical (unpaired) electrons. The van der Waals surface area contributed by atoms with E-state index < -0.39 is 49.8 Å². The summed E-state index contributed by atoms with van der Waals surface area (Å²) in [6, 6.07) is 5.39. The number of carbonyl (C=O) groups excluding carboxylic acids is 2. The van der Waals surface area contributed by atoms with Gasteiger partial charge in [-0.1, -0.05) is 30.1 Å². The molecule has 1 amide bonds. The first-order valence-electron chi connectivity index (χ1n) is 8.64. The smallest absolute Gasteiger partial charge is 0.420 e. The maximum absolute atomic E-state index is 13.4. The molecule has 0 fully saturated rings. The van der Waals surface area contributed by atoms with Gasteiger partial charge in [-0.2, -0.15) is 13.2 Å². The Morgan fingerprint density at radius 3 is 2.32 bits per heavy atom. The van der Waals surface area contributed by atoms with Gasteiger partial charge in [0.05, 0.1) is 15.7 Å². The highest BCUT2D eigenvalue weighted by molar-refractivity contribution is 7.91. The molecule has 2 aromatic carbocycles. The van der Waals surface area contributed by atoms with Crippen molar-refractivity contribution >= 4 is 44.9 Å². The lowest BCUT2D eigenvalue weighted by Gasteiger charge is -2.16. The second kappa shape index (κ2) is 9.46. The standard InChI is InChI=1S/C19H16Cl2F3NO5S/c1-3-31(28,29)16-5-4-13(20)6-12(16)9-25-18(27)11-7-14(19(22,23)24)17(15(21)8-11)30-10(2)26/h4-8H,3,9H2,1-2H3,(H,25,27). The van der Waals surface area contributed by atoms with Crippen LogP contribution in [0.15, 0.2) is 35.2 Å². The molecule has 0 spiro atoms. The summed E-state index contributed by atoms with van der Waals surface area (Å²) in [5.74, 6) is -3.08. The van der Waals surface area contributed by atoms with Gasteiger partial charge >= 0.3 is 12.1 Å². The van der Waals surface area contributed by atoms with Crippen LogP contribution in [0.25, 0.3) is 0 Å². The van der Waals surface area contributed by atoms with Gasteiger partial charge in [0.25, 0.3) is 5.91 Å². The van der Waals surface area contributed by atoms with Gasteiger partial charge < -0.3 is 10.1 Å². The van der Waals surface area contributed by atoms with E-state index in [-0.39, 0.29) is 27.8 Å². The van der Waals surface area contributed by atoms with Crippen molar-refractivity contribution in [2.75, 3.05) is 5.75 Å². The molecule has 12 heteroatoms. The fourth-order valence-corrected chi connectivity index (χ4v) is 4.17. The number of hydrogen-bond acceptors (Lipinski definition) is 5. The van der Waals surface area contributed by atoms with E-state index >= 15 is 0 Å². The molecular weight excluding hydrogens is 482 g/mol. The molecular formula is C19H16Cl2F3NO5S. The molecule has 6 nitrogen and oxygen atoms in total. The van der Waals surface area contributed by atoms with E-state index in [1.807, 2.05) is 0 Å². The molecule has 0 aliphatic heterocycles. The lowest BCUT2D eigenvalue weighted by molar-refractivity contribution is -0.141. The Labute approximate surface area is 186 Å². The van der Waals surface area contributed by atoms with E-state index in [9.17, 15) is 31.2 Å². The molecule has 0 heterocycles. The fraction of sp³-hybridized carbons (Fsp3) is 0.263. The van der Waals surface area contributed by atoms with E-state index in [2.05, 4.69) is 10.1 Å². The summed E-state index contributed by atoms with van der Waals surface area (Å²) < 4.78 is 69.1. The summed E-state index contributed by atoms with van der Waals surface area (Å²) in [5, 5.41) is 1.97. The predicted molar refractivity (Wildman–Crippen MR) is 108 cm³/mol. The molecule has 0 aliphatic carbocycles. The van der Waals surface area contributed by atoms with Gasteiger partial charge in [0.1, 0.15) is 5.56 Å². The molecule has 0 unspecified atom stereocenters. The lowest BCUT2D eigenvalue weighted by Crippen LogP contribution is -2.25. The summed E-state index contributed by atoms with van der Waals surface area (Å²) in [6.45, 7) is 2.03. The zero-order chi connectivity index (χ0) is 23.6. The van der Waals surface area contributed by atoms with Gasteiger partial charge in [-0.3, -0.25) is 9.59 Å². The normalized spacial score (nSPS) is 11.8. The van der Waals surface area contributed by atoms with Gasteiger partial charge in [0.15, 0.2) is 15.6 Å². The molecule has 2 aromatic rings. The van der Waals surface area contributed by atoms with E-state index in [4.69, 9.17) is 23.2 Å². The van der Waals surface area contributed by atoms with Crippen LogP contribution >= 0.6 is 23.2 Å². The zero-order valence-corrected chi connectivity index (χ0v) is 18.5. The molecule has 168 valence electrons. The van der Waals surface area contributed by atoms with Crippen LogP contribution in [0, 0.1) is 0 Å². The summed E-state index contributed by atoms with van der Waals surface area (Å²) in [4.78, 5) is 23.5. The first-order valence-corrected chi connectivity index (χ1v) is 11.1. The minimum Gasteiger partial charge on any atom is -0.424 e. The van der Waals surface area contributed by atoms with Gasteiger partial charge in [-0.15, -0.1) is 0 Å². The average Bonchev–Trinajstić information content (AvgIpc) is 2.66. The van der Waals surface area contributed by atoms with Crippen LogP contribution in [-0.4, -0.2) is 26.0 Å². The van der Waals surface area contributed by atoms with Crippen molar-refractivity contribution in [3.63, 3.8) is 0 Å². The molecule has 31 heavy (non-hydrogen) atoms. The zero-order valence-electron chi connectivity index (χ0n) is 16.1. The quantitative estimate of drug-likeness (QED) is 0.462. The number of ether oxygens (including phenoxy) is 1. The second-order valence-electron chi connectivity index (χ2n) is 6.26. The van der Waals surface area contributed by atoms with Crippen LogP contribution in [0.2, 0.25) is 10.0 Å². The van der Waals surface area contributed by atoms with E-state index in [0.717, 1.165) is 13.0 Å². The topological polar surface area (TPSA) is 89.5 Å². The van der Waals surface area contributed by atoms with Gasteiger partial charge in [0.2, 0.25) is 0 Å². The Hall–Kier alpha value is -2.30. The molecule has 0 aliphatic rings. The minimum absolute atomic E-state index is 0.0566. The Kier molecular flexibility index (Phi) is 7.61. The summed E-state index contributed by atoms with van der Waals surface area (Å²) in [5.41, 5.74) is -1.70. The third kappa shape index (κ3) is 6.11. The summed E-state index contributed by atoms with van der Waals surface area (Å²) >= 11 is 11.7. The maximum Gasteiger partial charge on any atom is 0.420 e. The van der Waals surface area contributed by atoms with E-state index in [1.54, 1.807) is 0 Å². The highest BCUT2D eigenvalue weighted by Gasteiger charge is 2.37. The van der Waals surface area contributed by atoms with Crippen molar-refractivity contribution in [1.29, 1.82) is 0 Å². The lowest BCUT2D eigenvalue weighted by atomic mass is 10.1. The number of sulfone groups is 1. The average molecular weight is 498 g/mol. The van der Waals surface area contributed by atoms with Crippen molar-refractivity contribution in [2.45, 2.75) is 31.5 Å². The minimum atomic E-state index is -4.96. The van der Waals surface area contributed by atoms with Crippen molar-refractivity contribution in [1.82, 2.24) is 5.32 Å². The van der Waals surface area contributed by atoms with Crippen molar-refractivity contribution in [2.24, 2.45) is 0 Å². The van der Waals surface area contributed by atoms with Crippen LogP contribution < -0.4 is 10.1 Å². The summed E-state index contributed by atoms with van der Waals surface area (Å²) in [7, 11) is -3.64. The number of nitrogens with one attached hydrogen (secondary N) is 1. The monoisotopic (exact) mass is 497 g/mol. The van der Waals surface area contributed by atoms with Crippen LogP contribution in [0.4, 0.5) is 13.2 Å². The van der Waals surface area contributed by atoms with Crippen molar-refractivity contribution in [3.8, 4) is 5.75 Å².